The molecule has 40 heavy (non-hydrogen) atoms. The topological polar surface area (TPSA) is 66.4 Å². The van der Waals surface area contributed by atoms with Gasteiger partial charge in [-0.05, 0) is 0 Å². The van der Waals surface area contributed by atoms with Crippen molar-refractivity contribution in [3.05, 3.63) is 25.3 Å². The predicted octanol–water partition coefficient (Wildman–Crippen LogP) is 6.47. The van der Waals surface area contributed by atoms with Crippen LogP contribution in [-0.4, -0.2) is 85.4 Å². The first kappa shape index (κ1) is 40.2. The molecule has 0 aromatic rings. The first-order valence-electron chi connectivity index (χ1n) is 9.08. The molecule has 0 fully saturated rings. The molecular weight excluding hydrogens is 647 g/mol. The van der Waals surface area contributed by atoms with Crippen LogP contribution in [0.4, 0.5) is 83.4 Å². The van der Waals surface area contributed by atoms with Crippen LogP contribution in [0.25, 0.3) is 0 Å². The van der Waals surface area contributed by atoms with Crippen molar-refractivity contribution in [2.75, 3.05) is 19.8 Å². The van der Waals surface area contributed by atoms with Crippen LogP contribution in [0.3, 0.4) is 0 Å². The van der Waals surface area contributed by atoms with Crippen molar-refractivity contribution in [2.45, 2.75) is 52.6 Å². The Balaban J connectivity index is 0. The van der Waals surface area contributed by atoms with Crippen LogP contribution in [-0.2, 0) is 10.1 Å². The first-order chi connectivity index (χ1) is 17.2. The van der Waals surface area contributed by atoms with Gasteiger partial charge in [-0.1, -0.05) is 12.2 Å². The minimum Gasteiger partial charge on any atom is -0.310 e. The molecule has 240 valence electrons. The van der Waals surface area contributed by atoms with E-state index in [-0.39, 0.29) is 0 Å². The van der Waals surface area contributed by atoms with Gasteiger partial charge in [-0.15, -0.1) is 13.2 Å². The summed E-state index contributed by atoms with van der Waals surface area (Å²) >= 11 is 0. The van der Waals surface area contributed by atoms with E-state index >= 15 is 0 Å². The maximum absolute atomic E-state index is 13.3. The van der Waals surface area contributed by atoms with Gasteiger partial charge in [0.2, 0.25) is 0 Å². The Labute approximate surface area is 210 Å². The van der Waals surface area contributed by atoms with Gasteiger partial charge in [-0.3, -0.25) is 4.55 Å². The van der Waals surface area contributed by atoms with Gasteiger partial charge < -0.3 is 5.32 Å². The Kier molecular flexibility index (Phi) is 11.8. The summed E-state index contributed by atoms with van der Waals surface area (Å²) in [5, 5.41) is -4.90. The molecule has 0 atom stereocenters. The summed E-state index contributed by atoms with van der Waals surface area (Å²) in [5.41, 5.74) is 0. The lowest BCUT2D eigenvalue weighted by Gasteiger charge is -2.43. The minimum absolute atomic E-state index is 0.867. The third-order valence-corrected chi connectivity index (χ3v) is 5.16. The maximum atomic E-state index is 13.3. The second-order valence-electron chi connectivity index (χ2n) is 7.09. The molecular formula is C16H14F19NO3S. The number of hydrogen-bond acceptors (Lipinski definition) is 3. The lowest BCUT2D eigenvalue weighted by molar-refractivity contribution is -0.459. The van der Waals surface area contributed by atoms with Gasteiger partial charge in [-0.25, -0.2) is 4.39 Å². The Morgan fingerprint density at radius 1 is 0.550 bits per heavy atom. The zero-order valence-corrected chi connectivity index (χ0v) is 19.4. The third kappa shape index (κ3) is 5.97. The van der Waals surface area contributed by atoms with Crippen LogP contribution in [0.15, 0.2) is 25.3 Å². The highest BCUT2D eigenvalue weighted by molar-refractivity contribution is 7.87. The average Bonchev–Trinajstić information content (AvgIpc) is 2.77. The normalized spacial score (nSPS) is 15.3. The van der Waals surface area contributed by atoms with E-state index in [0.717, 1.165) is 13.1 Å². The van der Waals surface area contributed by atoms with Crippen LogP contribution >= 0.6 is 0 Å². The van der Waals surface area contributed by atoms with Crippen molar-refractivity contribution in [2.24, 2.45) is 0 Å². The van der Waals surface area contributed by atoms with Gasteiger partial charge in [0.05, 0.1) is 0 Å². The molecule has 0 aliphatic carbocycles. The maximum Gasteiger partial charge on any atom is 0.438 e. The van der Waals surface area contributed by atoms with Crippen LogP contribution in [0.2, 0.25) is 0 Å². The lowest BCUT2D eigenvalue weighted by atomic mass is 9.87. The number of nitrogens with one attached hydrogen (secondary N) is 1. The van der Waals surface area contributed by atoms with E-state index in [1.165, 1.54) is 0 Å². The third-order valence-electron chi connectivity index (χ3n) is 4.26. The van der Waals surface area contributed by atoms with E-state index in [0.29, 0.717) is 0 Å². The van der Waals surface area contributed by atoms with Crippen LogP contribution in [0.5, 0.6) is 0 Å². The fourth-order valence-corrected chi connectivity index (χ4v) is 2.38. The molecule has 4 nitrogen and oxygen atoms in total. The second-order valence-corrected chi connectivity index (χ2v) is 8.55. The summed E-state index contributed by atoms with van der Waals surface area (Å²) in [7, 11) is -8.00. The molecule has 0 spiro atoms. The monoisotopic (exact) mass is 661 g/mol. The van der Waals surface area contributed by atoms with Crippen LogP contribution in [0.1, 0.15) is 0 Å². The SMILES string of the molecule is C=CCNCC=C.O=S(=O)(O)C(F)(F)C(F)(F)C(F)(F)C(F)(F)C(F)(F)C(F)(F)C(F)(F)C(F)(F)C(F)(F)CF. The Hall–Kier alpha value is -1.98. The van der Waals surface area contributed by atoms with Crippen LogP contribution in [0, 0.1) is 0 Å². The summed E-state index contributed by atoms with van der Waals surface area (Å²) in [4.78, 5) is 0. The molecule has 0 aromatic heterocycles. The Morgan fingerprint density at radius 3 is 1.02 bits per heavy atom. The summed E-state index contributed by atoms with van der Waals surface area (Å²) in [6.45, 7) is 4.71. The highest BCUT2D eigenvalue weighted by atomic mass is 32.2. The molecule has 0 heterocycles. The van der Waals surface area contributed by atoms with Crippen molar-refractivity contribution in [3.63, 3.8) is 0 Å². The van der Waals surface area contributed by atoms with Gasteiger partial charge in [0.25, 0.3) is 0 Å². The molecule has 0 aromatic carbocycles. The largest absolute Gasteiger partial charge is 0.438 e. The van der Waals surface area contributed by atoms with E-state index in [1.54, 1.807) is 0 Å². The van der Waals surface area contributed by atoms with Gasteiger partial charge >= 0.3 is 62.8 Å². The number of hydrogen-bond donors (Lipinski definition) is 2. The fraction of sp³-hybridized carbons (Fsp3) is 0.750. The molecule has 0 saturated carbocycles. The van der Waals surface area contributed by atoms with E-state index in [9.17, 15) is 91.8 Å². The van der Waals surface area contributed by atoms with Crippen molar-refractivity contribution in [1.82, 2.24) is 5.32 Å². The zero-order valence-electron chi connectivity index (χ0n) is 18.5. The summed E-state index contributed by atoms with van der Waals surface area (Å²) < 4.78 is 274. The highest BCUT2D eigenvalue weighted by Crippen LogP contribution is 2.65. The van der Waals surface area contributed by atoms with Crippen molar-refractivity contribution in [3.8, 4) is 0 Å². The molecule has 0 rings (SSSR count). The van der Waals surface area contributed by atoms with E-state index in [2.05, 4.69) is 18.5 Å². The minimum atomic E-state index is -9.11. The molecule has 0 radical (unpaired) electrons. The quantitative estimate of drug-likeness (QED) is 0.0971. The van der Waals surface area contributed by atoms with Crippen molar-refractivity contribution >= 4 is 10.1 Å². The number of alkyl halides is 19. The van der Waals surface area contributed by atoms with E-state index in [1.807, 2.05) is 12.2 Å². The van der Waals surface area contributed by atoms with Crippen molar-refractivity contribution in [1.29, 1.82) is 0 Å². The summed E-state index contributed by atoms with van der Waals surface area (Å²) in [5.74, 6) is -68.7. The lowest BCUT2D eigenvalue weighted by Crippen LogP contribution is -2.76. The Bertz CT molecular complexity index is 985. The molecule has 0 aliphatic heterocycles. The van der Waals surface area contributed by atoms with Crippen molar-refractivity contribution < 1.29 is 96.4 Å². The summed E-state index contributed by atoms with van der Waals surface area (Å²) in [6, 6.07) is 0. The molecule has 0 unspecified atom stereocenters. The Morgan fingerprint density at radius 2 is 0.800 bits per heavy atom. The standard InChI is InChI=1S/C10H3F19O3S.C6H11N/c11-1-2(12,13)3(14,15)4(16,17)5(18,19)6(20,21)7(22,23)8(24,25)9(26,27)10(28,29)33(30,31)32;1-3-5-7-6-4-2/h1H2,(H,30,31,32);3-4,7H,1-2,5-6H2. The number of halogens is 19. The van der Waals surface area contributed by atoms with Gasteiger partial charge in [0.1, 0.15) is 0 Å². The van der Waals surface area contributed by atoms with Gasteiger partial charge in [0.15, 0.2) is 6.67 Å². The van der Waals surface area contributed by atoms with Gasteiger partial charge in [-0.2, -0.15) is 87.4 Å². The smallest absolute Gasteiger partial charge is 0.310 e. The summed E-state index contributed by atoms with van der Waals surface area (Å²) in [6.07, 6.45) is 3.65. The van der Waals surface area contributed by atoms with Crippen LogP contribution < -0.4 is 5.32 Å². The molecule has 0 bridgehead atoms. The molecule has 0 amide bonds. The molecule has 24 heteroatoms. The second kappa shape index (κ2) is 11.7. The zero-order chi connectivity index (χ0) is 33.2. The van der Waals surface area contributed by atoms with Gasteiger partial charge in [0, 0.05) is 13.1 Å². The predicted molar refractivity (Wildman–Crippen MR) is 95.3 cm³/mol. The average molecular weight is 661 g/mol. The molecule has 0 aliphatic rings. The van der Waals surface area contributed by atoms with E-state index < -0.39 is 69.4 Å². The molecule has 0 saturated heterocycles. The highest BCUT2D eigenvalue weighted by Gasteiger charge is 2.97. The van der Waals surface area contributed by atoms with E-state index in [4.69, 9.17) is 4.55 Å². The first-order valence-corrected chi connectivity index (χ1v) is 10.5. The molecule has 2 N–H and O–H groups in total. The number of rotatable bonds is 14. The fourth-order valence-electron chi connectivity index (χ4n) is 1.93.